The van der Waals surface area contributed by atoms with Gasteiger partial charge in [-0.15, -0.1) is 0 Å². The summed E-state index contributed by atoms with van der Waals surface area (Å²) in [4.78, 5) is 38.2. The molecule has 1 aromatic heterocycles. The van der Waals surface area contributed by atoms with Crippen molar-refractivity contribution >= 4 is 34.4 Å². The van der Waals surface area contributed by atoms with Gasteiger partial charge in [0.05, 0.1) is 11.5 Å². The molecule has 1 amide bonds. The van der Waals surface area contributed by atoms with Crippen LogP contribution in [0.3, 0.4) is 0 Å². The van der Waals surface area contributed by atoms with Gasteiger partial charge in [-0.05, 0) is 31.0 Å². The second-order valence-corrected chi connectivity index (χ2v) is 7.28. The van der Waals surface area contributed by atoms with Gasteiger partial charge in [-0.1, -0.05) is 30.9 Å². The normalized spacial score (nSPS) is 15.6. The number of rotatable bonds is 4. The number of carbonyl (C=O) groups is 2. The van der Waals surface area contributed by atoms with E-state index >= 15 is 0 Å². The SMILES string of the molecule is CN(C(=O)COC(=O)c1cc(=O)c2cc(Cl)ccc2o1)C1(C#N)CCCCC1. The van der Waals surface area contributed by atoms with Crippen LogP contribution in [0.15, 0.2) is 33.5 Å². The Morgan fingerprint density at radius 1 is 1.29 bits per heavy atom. The Morgan fingerprint density at radius 2 is 2.00 bits per heavy atom. The maximum Gasteiger partial charge on any atom is 0.374 e. The Labute approximate surface area is 166 Å². The highest BCUT2D eigenvalue weighted by Gasteiger charge is 2.39. The standard InChI is InChI=1S/C20H19ClN2O5/c1-23(20(12-22)7-3-2-4-8-20)18(25)11-27-19(26)17-10-15(24)14-9-13(21)5-6-16(14)28-17/h5-6,9-10H,2-4,7-8,11H2,1H3. The highest BCUT2D eigenvalue weighted by atomic mass is 35.5. The number of hydrogen-bond donors (Lipinski definition) is 0. The summed E-state index contributed by atoms with van der Waals surface area (Å²) in [6.07, 6.45) is 3.98. The summed E-state index contributed by atoms with van der Waals surface area (Å²) in [5, 5.41) is 10.2. The van der Waals surface area contributed by atoms with Crippen LogP contribution >= 0.6 is 11.6 Å². The molecule has 1 saturated carbocycles. The molecule has 2 aromatic rings. The number of likely N-dealkylation sites (N-methyl/N-ethyl adjacent to an activating group) is 1. The Kier molecular flexibility index (Phi) is 5.71. The van der Waals surface area contributed by atoms with Crippen molar-refractivity contribution in [2.75, 3.05) is 13.7 Å². The van der Waals surface area contributed by atoms with Crippen molar-refractivity contribution in [2.45, 2.75) is 37.6 Å². The Hall–Kier alpha value is -2.85. The van der Waals surface area contributed by atoms with Crippen molar-refractivity contribution in [3.8, 4) is 6.07 Å². The largest absolute Gasteiger partial charge is 0.450 e. The van der Waals surface area contributed by atoms with Gasteiger partial charge in [0, 0.05) is 18.1 Å². The molecule has 8 heteroatoms. The van der Waals surface area contributed by atoms with E-state index in [-0.39, 0.29) is 16.7 Å². The van der Waals surface area contributed by atoms with Crippen molar-refractivity contribution < 1.29 is 18.7 Å². The van der Waals surface area contributed by atoms with Crippen LogP contribution in [0.25, 0.3) is 11.0 Å². The number of carbonyl (C=O) groups excluding carboxylic acids is 2. The summed E-state index contributed by atoms with van der Waals surface area (Å²) in [7, 11) is 1.55. The van der Waals surface area contributed by atoms with Crippen LogP contribution in [0.1, 0.15) is 42.7 Å². The van der Waals surface area contributed by atoms with E-state index in [1.54, 1.807) is 7.05 Å². The fourth-order valence-corrected chi connectivity index (χ4v) is 3.59. The first-order chi connectivity index (χ1) is 13.4. The molecule has 0 aliphatic heterocycles. The molecule has 1 aliphatic rings. The van der Waals surface area contributed by atoms with Gasteiger partial charge in [-0.3, -0.25) is 9.59 Å². The minimum Gasteiger partial charge on any atom is -0.450 e. The van der Waals surface area contributed by atoms with Gasteiger partial charge in [0.2, 0.25) is 5.76 Å². The number of ether oxygens (including phenoxy) is 1. The Balaban J connectivity index is 1.71. The zero-order valence-electron chi connectivity index (χ0n) is 15.4. The number of fused-ring (bicyclic) bond motifs is 1. The second kappa shape index (κ2) is 8.03. The van der Waals surface area contributed by atoms with Crippen LogP contribution in [0.5, 0.6) is 0 Å². The number of amides is 1. The van der Waals surface area contributed by atoms with Crippen molar-refractivity contribution in [2.24, 2.45) is 0 Å². The lowest BCUT2D eigenvalue weighted by atomic mass is 9.81. The first-order valence-electron chi connectivity index (χ1n) is 8.95. The second-order valence-electron chi connectivity index (χ2n) is 6.85. The van der Waals surface area contributed by atoms with E-state index in [9.17, 15) is 19.6 Å². The smallest absolute Gasteiger partial charge is 0.374 e. The molecular weight excluding hydrogens is 384 g/mol. The van der Waals surface area contributed by atoms with Crippen LogP contribution in [0.2, 0.25) is 5.02 Å². The minimum absolute atomic E-state index is 0.193. The van der Waals surface area contributed by atoms with Gasteiger partial charge in [0.1, 0.15) is 11.1 Å². The molecule has 0 radical (unpaired) electrons. The molecule has 1 fully saturated rings. The molecule has 0 atom stereocenters. The number of nitriles is 1. The van der Waals surface area contributed by atoms with E-state index in [1.165, 1.54) is 23.1 Å². The van der Waals surface area contributed by atoms with Gasteiger partial charge < -0.3 is 14.1 Å². The zero-order chi connectivity index (χ0) is 20.3. The summed E-state index contributed by atoms with van der Waals surface area (Å²) in [6, 6.07) is 7.71. The average Bonchev–Trinajstić information content (AvgIpc) is 2.72. The van der Waals surface area contributed by atoms with Gasteiger partial charge in [-0.25, -0.2) is 4.79 Å². The highest BCUT2D eigenvalue weighted by molar-refractivity contribution is 6.31. The van der Waals surface area contributed by atoms with Crippen LogP contribution in [0.4, 0.5) is 0 Å². The molecule has 0 N–H and O–H groups in total. The maximum atomic E-state index is 12.4. The molecule has 7 nitrogen and oxygen atoms in total. The third-order valence-corrected chi connectivity index (χ3v) is 5.36. The number of nitrogens with zero attached hydrogens (tertiary/aromatic N) is 2. The van der Waals surface area contributed by atoms with E-state index < -0.39 is 29.5 Å². The molecule has 1 heterocycles. The zero-order valence-corrected chi connectivity index (χ0v) is 16.1. The fraction of sp³-hybridized carbons (Fsp3) is 0.400. The van der Waals surface area contributed by atoms with E-state index in [2.05, 4.69) is 6.07 Å². The number of esters is 1. The molecule has 0 bridgehead atoms. The monoisotopic (exact) mass is 402 g/mol. The number of benzene rings is 1. The number of hydrogen-bond acceptors (Lipinski definition) is 6. The van der Waals surface area contributed by atoms with Gasteiger partial charge in [0.15, 0.2) is 12.0 Å². The summed E-state index contributed by atoms with van der Waals surface area (Å²) in [5.41, 5.74) is -1.11. The molecule has 0 unspecified atom stereocenters. The first-order valence-corrected chi connectivity index (χ1v) is 9.32. The van der Waals surface area contributed by atoms with Crippen LogP contribution in [-0.2, 0) is 9.53 Å². The van der Waals surface area contributed by atoms with Crippen LogP contribution in [0, 0.1) is 11.3 Å². The lowest BCUT2D eigenvalue weighted by molar-refractivity contribution is -0.138. The van der Waals surface area contributed by atoms with Gasteiger partial charge in [0.25, 0.3) is 5.91 Å². The van der Waals surface area contributed by atoms with Crippen molar-refractivity contribution in [3.05, 3.63) is 45.3 Å². The van der Waals surface area contributed by atoms with Gasteiger partial charge in [-0.2, -0.15) is 5.26 Å². The van der Waals surface area contributed by atoms with E-state index in [4.69, 9.17) is 20.8 Å². The summed E-state index contributed by atoms with van der Waals surface area (Å²) >= 11 is 5.86. The van der Waals surface area contributed by atoms with E-state index in [1.807, 2.05) is 0 Å². The number of halogens is 1. The lowest BCUT2D eigenvalue weighted by Crippen LogP contribution is -2.51. The van der Waals surface area contributed by atoms with Gasteiger partial charge >= 0.3 is 5.97 Å². The molecule has 146 valence electrons. The minimum atomic E-state index is -0.926. The summed E-state index contributed by atoms with van der Waals surface area (Å²) in [6.45, 7) is -0.541. The highest BCUT2D eigenvalue weighted by Crippen LogP contribution is 2.32. The quantitative estimate of drug-likeness (QED) is 0.727. The molecule has 0 spiro atoms. The van der Waals surface area contributed by atoms with E-state index in [0.717, 1.165) is 25.3 Å². The molecule has 28 heavy (non-hydrogen) atoms. The lowest BCUT2D eigenvalue weighted by Gasteiger charge is -2.38. The summed E-state index contributed by atoms with van der Waals surface area (Å²) in [5.74, 6) is -1.71. The van der Waals surface area contributed by atoms with Crippen molar-refractivity contribution in [3.63, 3.8) is 0 Å². The third-order valence-electron chi connectivity index (χ3n) is 5.12. The molecular formula is C20H19ClN2O5. The Bertz CT molecular complexity index is 1020. The predicted octanol–water partition coefficient (Wildman–Crippen LogP) is 3.29. The molecule has 1 aromatic carbocycles. The molecule has 3 rings (SSSR count). The topological polar surface area (TPSA) is 101 Å². The fourth-order valence-electron chi connectivity index (χ4n) is 3.42. The average molecular weight is 403 g/mol. The Morgan fingerprint density at radius 3 is 2.68 bits per heavy atom. The first kappa shape index (κ1) is 19.9. The summed E-state index contributed by atoms with van der Waals surface area (Å²) < 4.78 is 10.4. The third kappa shape index (κ3) is 3.87. The van der Waals surface area contributed by atoms with Crippen molar-refractivity contribution in [1.82, 2.24) is 4.90 Å². The van der Waals surface area contributed by atoms with Crippen molar-refractivity contribution in [1.29, 1.82) is 5.26 Å². The van der Waals surface area contributed by atoms with Crippen LogP contribution < -0.4 is 5.43 Å². The molecule has 0 saturated heterocycles. The van der Waals surface area contributed by atoms with E-state index in [0.29, 0.717) is 17.9 Å². The van der Waals surface area contributed by atoms with Crippen LogP contribution in [-0.4, -0.2) is 36.0 Å². The molecule has 1 aliphatic carbocycles. The maximum absolute atomic E-state index is 12.4. The predicted molar refractivity (Wildman–Crippen MR) is 102 cm³/mol.